The Kier molecular flexibility index (Phi) is 7.21. The van der Waals surface area contributed by atoms with Crippen LogP contribution in [0.4, 0.5) is 16.2 Å². The third-order valence-corrected chi connectivity index (χ3v) is 4.87. The van der Waals surface area contributed by atoms with E-state index in [1.54, 1.807) is 17.0 Å². The summed E-state index contributed by atoms with van der Waals surface area (Å²) < 4.78 is 9.97. The second-order valence-corrected chi connectivity index (χ2v) is 6.88. The van der Waals surface area contributed by atoms with Crippen LogP contribution in [0.15, 0.2) is 48.5 Å². The summed E-state index contributed by atoms with van der Waals surface area (Å²) in [5.74, 6) is -1.26. The molecular weight excluding hydrogens is 420 g/mol. The van der Waals surface area contributed by atoms with Gasteiger partial charge in [0.05, 0.1) is 17.6 Å². The van der Waals surface area contributed by atoms with Crippen molar-refractivity contribution in [2.24, 2.45) is 0 Å². The van der Waals surface area contributed by atoms with Gasteiger partial charge in [0.15, 0.2) is 12.4 Å². The number of benzene rings is 2. The van der Waals surface area contributed by atoms with Gasteiger partial charge in [-0.15, -0.1) is 0 Å². The molecule has 1 aliphatic rings. The maximum absolute atomic E-state index is 12.5. The van der Waals surface area contributed by atoms with E-state index in [2.05, 4.69) is 10.1 Å². The number of nitro groups is 1. The van der Waals surface area contributed by atoms with Gasteiger partial charge in [0.25, 0.3) is 5.91 Å². The van der Waals surface area contributed by atoms with Gasteiger partial charge in [0, 0.05) is 44.0 Å². The number of nitrogens with zero attached hydrogens (tertiary/aromatic N) is 3. The van der Waals surface area contributed by atoms with Crippen LogP contribution in [0, 0.1) is 10.1 Å². The van der Waals surface area contributed by atoms with Crippen molar-refractivity contribution in [3.8, 4) is 5.75 Å². The summed E-state index contributed by atoms with van der Waals surface area (Å²) in [5, 5.41) is 14.0. The topological polar surface area (TPSA) is 131 Å². The number of rotatable bonds is 6. The smallest absolute Gasteiger partial charge is 0.337 e. The van der Waals surface area contributed by atoms with Crippen molar-refractivity contribution in [2.45, 2.75) is 0 Å². The lowest BCUT2D eigenvalue weighted by molar-refractivity contribution is -0.385. The molecule has 0 bridgehead atoms. The molecule has 32 heavy (non-hydrogen) atoms. The molecule has 3 amide bonds. The maximum Gasteiger partial charge on any atom is 0.337 e. The normalized spacial score (nSPS) is 13.3. The van der Waals surface area contributed by atoms with Crippen molar-refractivity contribution >= 4 is 29.3 Å². The number of carbonyl (C=O) groups is 3. The largest absolute Gasteiger partial charge is 0.477 e. The summed E-state index contributed by atoms with van der Waals surface area (Å²) in [6.07, 6.45) is 0. The van der Waals surface area contributed by atoms with Crippen LogP contribution in [0.2, 0.25) is 0 Å². The fourth-order valence-electron chi connectivity index (χ4n) is 3.14. The highest BCUT2D eigenvalue weighted by atomic mass is 16.6. The minimum absolute atomic E-state index is 0.0681. The summed E-state index contributed by atoms with van der Waals surface area (Å²) in [6.45, 7) is 0.829. The Labute approximate surface area is 183 Å². The number of hydrogen-bond donors (Lipinski definition) is 1. The molecule has 0 aromatic heterocycles. The van der Waals surface area contributed by atoms with Crippen molar-refractivity contribution in [2.75, 3.05) is 45.2 Å². The highest BCUT2D eigenvalue weighted by molar-refractivity contribution is 5.90. The SMILES string of the molecule is COC(=O)c1ccc([N+](=O)[O-])c(OCC(=O)N2CCN(C(=O)Nc3ccccc3)CC2)c1. The van der Waals surface area contributed by atoms with E-state index in [-0.39, 0.29) is 28.9 Å². The molecule has 1 N–H and O–H groups in total. The van der Waals surface area contributed by atoms with E-state index < -0.39 is 17.5 Å². The summed E-state index contributed by atoms with van der Waals surface area (Å²) in [5.41, 5.74) is 0.381. The van der Waals surface area contributed by atoms with E-state index in [1.165, 1.54) is 24.1 Å². The van der Waals surface area contributed by atoms with Gasteiger partial charge >= 0.3 is 17.7 Å². The highest BCUT2D eigenvalue weighted by Gasteiger charge is 2.26. The number of hydrogen-bond acceptors (Lipinski definition) is 7. The molecule has 2 aromatic rings. The fraction of sp³-hybridized carbons (Fsp3) is 0.286. The first-order valence-corrected chi connectivity index (χ1v) is 9.77. The van der Waals surface area contributed by atoms with E-state index in [4.69, 9.17) is 4.74 Å². The molecule has 0 saturated carbocycles. The first-order valence-electron chi connectivity index (χ1n) is 9.77. The molecule has 11 heteroatoms. The number of para-hydroxylation sites is 1. The molecule has 0 unspecified atom stereocenters. The molecule has 0 aliphatic carbocycles. The molecular formula is C21H22N4O7. The molecule has 1 aliphatic heterocycles. The van der Waals surface area contributed by atoms with Gasteiger partial charge in [-0.3, -0.25) is 14.9 Å². The molecule has 0 radical (unpaired) electrons. The van der Waals surface area contributed by atoms with Gasteiger partial charge in [-0.05, 0) is 18.2 Å². The number of methoxy groups -OCH3 is 1. The Morgan fingerprint density at radius 2 is 1.69 bits per heavy atom. The third kappa shape index (κ3) is 5.50. The van der Waals surface area contributed by atoms with E-state index in [1.807, 2.05) is 18.2 Å². The highest BCUT2D eigenvalue weighted by Crippen LogP contribution is 2.28. The Balaban J connectivity index is 1.54. The van der Waals surface area contributed by atoms with Gasteiger partial charge < -0.3 is 24.6 Å². The maximum atomic E-state index is 12.5. The lowest BCUT2D eigenvalue weighted by Crippen LogP contribution is -2.52. The molecule has 1 fully saturated rings. The Bertz CT molecular complexity index is 1000. The number of esters is 1. The lowest BCUT2D eigenvalue weighted by atomic mass is 10.2. The number of urea groups is 1. The van der Waals surface area contributed by atoms with Gasteiger partial charge in [-0.2, -0.15) is 0 Å². The fourth-order valence-corrected chi connectivity index (χ4v) is 3.14. The molecule has 11 nitrogen and oxygen atoms in total. The number of anilines is 1. The molecule has 3 rings (SSSR count). The van der Waals surface area contributed by atoms with Crippen LogP contribution in [-0.2, 0) is 9.53 Å². The molecule has 1 heterocycles. The Morgan fingerprint density at radius 3 is 2.31 bits per heavy atom. The van der Waals surface area contributed by atoms with E-state index in [0.717, 1.165) is 6.07 Å². The van der Waals surface area contributed by atoms with E-state index >= 15 is 0 Å². The second kappa shape index (κ2) is 10.2. The monoisotopic (exact) mass is 442 g/mol. The Morgan fingerprint density at radius 1 is 1.03 bits per heavy atom. The van der Waals surface area contributed by atoms with E-state index in [0.29, 0.717) is 31.9 Å². The van der Waals surface area contributed by atoms with Crippen LogP contribution in [0.3, 0.4) is 0 Å². The first-order chi connectivity index (χ1) is 15.4. The number of carbonyl (C=O) groups excluding carboxylic acids is 3. The van der Waals surface area contributed by atoms with Crippen molar-refractivity contribution < 1.29 is 28.8 Å². The summed E-state index contributed by atoms with van der Waals surface area (Å²) in [7, 11) is 1.19. The molecule has 1 saturated heterocycles. The number of nitro benzene ring substituents is 1. The van der Waals surface area contributed by atoms with Crippen LogP contribution >= 0.6 is 0 Å². The van der Waals surface area contributed by atoms with Crippen molar-refractivity contribution in [1.29, 1.82) is 0 Å². The molecule has 168 valence electrons. The lowest BCUT2D eigenvalue weighted by Gasteiger charge is -2.34. The standard InChI is InChI=1S/C21H22N4O7/c1-31-20(27)15-7-8-17(25(29)30)18(13-15)32-14-19(26)23-9-11-24(12-10-23)21(28)22-16-5-3-2-4-6-16/h2-8,13H,9-12,14H2,1H3,(H,22,28). The number of piperazine rings is 1. The van der Waals surface area contributed by atoms with Gasteiger partial charge in [0.2, 0.25) is 0 Å². The zero-order valence-corrected chi connectivity index (χ0v) is 17.4. The van der Waals surface area contributed by atoms with Crippen LogP contribution in [-0.4, -0.2) is 72.5 Å². The predicted octanol–water partition coefficient (Wildman–Crippen LogP) is 2.14. The first kappa shape index (κ1) is 22.5. The summed E-state index contributed by atoms with van der Waals surface area (Å²) >= 11 is 0. The van der Waals surface area contributed by atoms with Crippen molar-refractivity contribution in [3.05, 3.63) is 64.2 Å². The van der Waals surface area contributed by atoms with Gasteiger partial charge in [-0.1, -0.05) is 18.2 Å². The molecule has 2 aromatic carbocycles. The zero-order chi connectivity index (χ0) is 23.1. The quantitative estimate of drug-likeness (QED) is 0.412. The van der Waals surface area contributed by atoms with Gasteiger partial charge in [-0.25, -0.2) is 9.59 Å². The van der Waals surface area contributed by atoms with Crippen LogP contribution in [0.5, 0.6) is 5.75 Å². The molecule has 0 spiro atoms. The third-order valence-electron chi connectivity index (χ3n) is 4.87. The van der Waals surface area contributed by atoms with E-state index in [9.17, 15) is 24.5 Å². The Hall–Kier alpha value is -4.15. The van der Waals surface area contributed by atoms with Gasteiger partial charge in [0.1, 0.15) is 0 Å². The van der Waals surface area contributed by atoms with Crippen LogP contribution < -0.4 is 10.1 Å². The number of ether oxygens (including phenoxy) is 2. The predicted molar refractivity (Wildman–Crippen MR) is 114 cm³/mol. The average Bonchev–Trinajstić information content (AvgIpc) is 2.82. The van der Waals surface area contributed by atoms with Crippen molar-refractivity contribution in [1.82, 2.24) is 9.80 Å². The minimum atomic E-state index is -0.680. The minimum Gasteiger partial charge on any atom is -0.477 e. The average molecular weight is 442 g/mol. The summed E-state index contributed by atoms with van der Waals surface area (Å²) in [4.78, 5) is 50.2. The van der Waals surface area contributed by atoms with Crippen molar-refractivity contribution in [3.63, 3.8) is 0 Å². The number of nitrogens with one attached hydrogen (secondary N) is 1. The summed E-state index contributed by atoms with van der Waals surface area (Å²) in [6, 6.07) is 12.3. The van der Waals surface area contributed by atoms with Crippen LogP contribution in [0.1, 0.15) is 10.4 Å². The molecule has 0 atom stereocenters. The zero-order valence-electron chi connectivity index (χ0n) is 17.4. The van der Waals surface area contributed by atoms with Crippen LogP contribution in [0.25, 0.3) is 0 Å². The number of amides is 3. The second-order valence-electron chi connectivity index (χ2n) is 6.88.